The van der Waals surface area contributed by atoms with Crippen LogP contribution in [0.2, 0.25) is 0 Å². The quantitative estimate of drug-likeness (QED) is 0.620. The number of carboxylic acids is 1. The van der Waals surface area contributed by atoms with Gasteiger partial charge in [0.15, 0.2) is 0 Å². The predicted octanol–water partition coefficient (Wildman–Crippen LogP) is 1.60. The number of aliphatic carboxylic acids is 1. The third kappa shape index (κ3) is 5.37. The summed E-state index contributed by atoms with van der Waals surface area (Å²) >= 11 is 0. The number of hydrogen-bond acceptors (Lipinski definition) is 6. The Balaban J connectivity index is 1.73. The topological polar surface area (TPSA) is 99.2 Å². The summed E-state index contributed by atoms with van der Waals surface area (Å²) in [4.78, 5) is 37.6. The number of nitrogens with zero attached hydrogens (tertiary/aromatic N) is 2. The molecule has 0 unspecified atom stereocenters. The Morgan fingerprint density at radius 3 is 2.57 bits per heavy atom. The number of amides is 1. The Labute approximate surface area is 177 Å². The summed E-state index contributed by atoms with van der Waals surface area (Å²) in [5, 5.41) is 16.1. The van der Waals surface area contributed by atoms with Crippen LogP contribution in [0, 0.1) is 0 Å². The van der Waals surface area contributed by atoms with Gasteiger partial charge >= 0.3 is 11.9 Å². The lowest BCUT2D eigenvalue weighted by molar-refractivity contribution is -0.174. The van der Waals surface area contributed by atoms with Gasteiger partial charge < -0.3 is 9.84 Å². The second-order valence-electron chi connectivity index (χ2n) is 7.82. The maximum absolute atomic E-state index is 13.3. The number of aryl methyl sites for hydroxylation is 1. The number of carboxylic acid groups (broad SMARTS) is 1. The van der Waals surface area contributed by atoms with Crippen molar-refractivity contribution >= 4 is 17.8 Å². The molecule has 3 atom stereocenters. The van der Waals surface area contributed by atoms with Crippen LogP contribution in [-0.4, -0.2) is 70.8 Å². The number of ether oxygens (including phenoxy) is 1. The van der Waals surface area contributed by atoms with E-state index in [1.165, 1.54) is 5.01 Å². The van der Waals surface area contributed by atoms with Crippen molar-refractivity contribution < 1.29 is 24.2 Å². The first-order valence-electron chi connectivity index (χ1n) is 10.8. The van der Waals surface area contributed by atoms with Gasteiger partial charge in [0.1, 0.15) is 12.1 Å². The van der Waals surface area contributed by atoms with Crippen molar-refractivity contribution in [1.29, 1.82) is 0 Å². The molecular formula is C22H31N3O5. The highest BCUT2D eigenvalue weighted by Crippen LogP contribution is 2.24. The number of esters is 1. The van der Waals surface area contributed by atoms with Crippen LogP contribution in [0.4, 0.5) is 0 Å². The second-order valence-corrected chi connectivity index (χ2v) is 7.82. The minimum absolute atomic E-state index is 0.266. The lowest BCUT2D eigenvalue weighted by Crippen LogP contribution is -2.61. The SMILES string of the molecule is CCOC(=O)[C@@H](CCc1ccccc1)N[C@@H]1CCCN2CCC[C@H](C(=O)O)N2C1=O. The highest BCUT2D eigenvalue weighted by Gasteiger charge is 2.42. The minimum Gasteiger partial charge on any atom is -0.480 e. The fourth-order valence-corrected chi connectivity index (χ4v) is 4.26. The maximum Gasteiger partial charge on any atom is 0.328 e. The third-order valence-corrected chi connectivity index (χ3v) is 5.75. The van der Waals surface area contributed by atoms with Crippen molar-refractivity contribution in [1.82, 2.24) is 15.3 Å². The first kappa shape index (κ1) is 22.2. The number of hydrazine groups is 1. The number of carbonyl (C=O) groups excluding carboxylic acids is 2. The van der Waals surface area contributed by atoms with E-state index in [1.807, 2.05) is 35.3 Å². The van der Waals surface area contributed by atoms with E-state index in [9.17, 15) is 19.5 Å². The molecular weight excluding hydrogens is 386 g/mol. The Hall–Kier alpha value is -2.45. The molecule has 0 saturated carbocycles. The average molecular weight is 418 g/mol. The monoisotopic (exact) mass is 417 g/mol. The lowest BCUT2D eigenvalue weighted by atomic mass is 10.0. The van der Waals surface area contributed by atoms with Crippen LogP contribution in [0.5, 0.6) is 0 Å². The smallest absolute Gasteiger partial charge is 0.328 e. The van der Waals surface area contributed by atoms with Crippen LogP contribution in [0.3, 0.4) is 0 Å². The van der Waals surface area contributed by atoms with Crippen LogP contribution >= 0.6 is 0 Å². The highest BCUT2D eigenvalue weighted by molar-refractivity contribution is 5.87. The fraction of sp³-hybridized carbons (Fsp3) is 0.591. The Morgan fingerprint density at radius 1 is 1.20 bits per heavy atom. The van der Waals surface area contributed by atoms with Gasteiger partial charge in [0, 0.05) is 13.1 Å². The molecule has 30 heavy (non-hydrogen) atoms. The van der Waals surface area contributed by atoms with Gasteiger partial charge in [-0.05, 0) is 51.0 Å². The summed E-state index contributed by atoms with van der Waals surface area (Å²) < 4.78 is 5.24. The summed E-state index contributed by atoms with van der Waals surface area (Å²) in [6.07, 6.45) is 3.67. The van der Waals surface area contributed by atoms with Gasteiger partial charge in [0.05, 0.1) is 12.6 Å². The molecule has 1 aromatic rings. The van der Waals surface area contributed by atoms with Gasteiger partial charge in [-0.25, -0.2) is 9.80 Å². The van der Waals surface area contributed by atoms with Crippen LogP contribution in [-0.2, 0) is 25.5 Å². The van der Waals surface area contributed by atoms with Crippen LogP contribution in [0.15, 0.2) is 30.3 Å². The predicted molar refractivity (Wildman–Crippen MR) is 110 cm³/mol. The van der Waals surface area contributed by atoms with Gasteiger partial charge in [-0.2, -0.15) is 0 Å². The zero-order chi connectivity index (χ0) is 21.5. The third-order valence-electron chi connectivity index (χ3n) is 5.75. The summed E-state index contributed by atoms with van der Waals surface area (Å²) in [6.45, 7) is 3.34. The largest absolute Gasteiger partial charge is 0.480 e. The van der Waals surface area contributed by atoms with Crippen molar-refractivity contribution in [3.63, 3.8) is 0 Å². The summed E-state index contributed by atoms with van der Waals surface area (Å²) in [7, 11) is 0. The second kappa shape index (κ2) is 10.5. The maximum atomic E-state index is 13.3. The minimum atomic E-state index is -0.986. The zero-order valence-electron chi connectivity index (χ0n) is 17.5. The van der Waals surface area contributed by atoms with Crippen molar-refractivity contribution in [2.75, 3.05) is 19.7 Å². The molecule has 2 fully saturated rings. The normalized spacial score (nSPS) is 23.4. The van der Waals surface area contributed by atoms with Crippen LogP contribution in [0.25, 0.3) is 0 Å². The first-order chi connectivity index (χ1) is 14.5. The average Bonchev–Trinajstić information content (AvgIpc) is 2.90. The molecule has 2 aliphatic heterocycles. The van der Waals surface area contributed by atoms with Crippen molar-refractivity contribution in [3.8, 4) is 0 Å². The van der Waals surface area contributed by atoms with Crippen molar-refractivity contribution in [2.45, 2.75) is 63.6 Å². The summed E-state index contributed by atoms with van der Waals surface area (Å²) in [5.41, 5.74) is 1.11. The molecule has 0 aromatic heterocycles. The Kier molecular flexibility index (Phi) is 7.81. The number of fused-ring (bicyclic) bond motifs is 1. The van der Waals surface area contributed by atoms with Crippen molar-refractivity contribution in [2.24, 2.45) is 0 Å². The molecule has 0 spiro atoms. The number of rotatable bonds is 8. The molecule has 164 valence electrons. The first-order valence-corrected chi connectivity index (χ1v) is 10.8. The van der Waals surface area contributed by atoms with Gasteiger partial charge in [-0.1, -0.05) is 30.3 Å². The van der Waals surface area contributed by atoms with E-state index < -0.39 is 24.1 Å². The Morgan fingerprint density at radius 2 is 1.90 bits per heavy atom. The fourth-order valence-electron chi connectivity index (χ4n) is 4.26. The van der Waals surface area contributed by atoms with Gasteiger partial charge in [0.2, 0.25) is 0 Å². The number of hydrogen-bond donors (Lipinski definition) is 2. The van der Waals surface area contributed by atoms with Gasteiger partial charge in [-0.15, -0.1) is 0 Å². The van der Waals surface area contributed by atoms with Crippen LogP contribution < -0.4 is 5.32 Å². The summed E-state index contributed by atoms with van der Waals surface area (Å²) in [5.74, 6) is -1.64. The van der Waals surface area contributed by atoms with E-state index in [-0.39, 0.29) is 18.5 Å². The molecule has 0 bridgehead atoms. The molecule has 1 amide bonds. The molecule has 2 saturated heterocycles. The molecule has 0 aliphatic carbocycles. The lowest BCUT2D eigenvalue weighted by Gasteiger charge is -2.42. The molecule has 1 aromatic carbocycles. The number of benzene rings is 1. The van der Waals surface area contributed by atoms with E-state index in [1.54, 1.807) is 6.92 Å². The van der Waals surface area contributed by atoms with E-state index >= 15 is 0 Å². The standard InChI is InChI=1S/C22H31N3O5/c1-2-30-22(29)18(13-12-16-8-4-3-5-9-16)23-17-10-6-14-24-15-7-11-19(21(27)28)25(24)20(17)26/h3-5,8-9,17-19,23H,2,6-7,10-15H2,1H3,(H,27,28)/t17-,18-,19-/m1/s1. The molecule has 3 rings (SSSR count). The van der Waals surface area contributed by atoms with E-state index in [0.717, 1.165) is 18.4 Å². The van der Waals surface area contributed by atoms with Gasteiger partial charge in [-0.3, -0.25) is 19.9 Å². The number of nitrogens with one attached hydrogen (secondary N) is 1. The van der Waals surface area contributed by atoms with Crippen LogP contribution in [0.1, 0.15) is 44.6 Å². The molecule has 0 radical (unpaired) electrons. The molecule has 8 nitrogen and oxygen atoms in total. The van der Waals surface area contributed by atoms with E-state index in [2.05, 4.69) is 5.32 Å². The molecule has 2 aliphatic rings. The molecule has 2 N–H and O–H groups in total. The molecule has 2 heterocycles. The highest BCUT2D eigenvalue weighted by atomic mass is 16.5. The van der Waals surface area contributed by atoms with E-state index in [0.29, 0.717) is 38.8 Å². The summed E-state index contributed by atoms with van der Waals surface area (Å²) in [6, 6.07) is 7.77. The number of carbonyl (C=O) groups is 3. The van der Waals surface area contributed by atoms with Crippen molar-refractivity contribution in [3.05, 3.63) is 35.9 Å². The Bertz CT molecular complexity index is 742. The zero-order valence-corrected chi connectivity index (χ0v) is 17.5. The van der Waals surface area contributed by atoms with Gasteiger partial charge in [0.25, 0.3) is 5.91 Å². The van der Waals surface area contributed by atoms with E-state index in [4.69, 9.17) is 4.74 Å². The molecule has 8 heteroatoms.